The molecule has 1 amide bonds. The fourth-order valence-corrected chi connectivity index (χ4v) is 2.18. The number of carbonyl (C=O) groups excluding carboxylic acids is 1. The number of aromatic nitrogens is 3. The average Bonchev–Trinajstić information content (AvgIpc) is 3.14. The SMILES string of the molecule is COc1ccccc1C(=O)NCc1ccc(-n2ccnc2)nc1. The van der Waals surface area contributed by atoms with Crippen molar-refractivity contribution in [3.63, 3.8) is 0 Å². The van der Waals surface area contributed by atoms with Crippen LogP contribution in [0.1, 0.15) is 15.9 Å². The van der Waals surface area contributed by atoms with E-state index in [9.17, 15) is 4.79 Å². The Kier molecular flexibility index (Phi) is 4.33. The third kappa shape index (κ3) is 3.37. The number of nitrogens with one attached hydrogen (secondary N) is 1. The van der Waals surface area contributed by atoms with Crippen molar-refractivity contribution in [2.45, 2.75) is 6.54 Å². The van der Waals surface area contributed by atoms with E-state index in [0.29, 0.717) is 17.9 Å². The van der Waals surface area contributed by atoms with Crippen LogP contribution in [0.5, 0.6) is 5.75 Å². The van der Waals surface area contributed by atoms with Crippen molar-refractivity contribution in [3.05, 3.63) is 72.4 Å². The highest BCUT2D eigenvalue weighted by Gasteiger charge is 2.10. The van der Waals surface area contributed by atoms with Gasteiger partial charge in [0.1, 0.15) is 17.9 Å². The van der Waals surface area contributed by atoms with Crippen molar-refractivity contribution < 1.29 is 9.53 Å². The lowest BCUT2D eigenvalue weighted by Gasteiger charge is -2.09. The van der Waals surface area contributed by atoms with Crippen molar-refractivity contribution in [1.82, 2.24) is 19.9 Å². The molecule has 6 nitrogen and oxygen atoms in total. The molecule has 1 N–H and O–H groups in total. The molecule has 2 aromatic heterocycles. The van der Waals surface area contributed by atoms with Crippen LogP contribution in [0.25, 0.3) is 5.82 Å². The third-order valence-corrected chi connectivity index (χ3v) is 3.38. The molecule has 116 valence electrons. The number of methoxy groups -OCH3 is 1. The highest BCUT2D eigenvalue weighted by Crippen LogP contribution is 2.17. The van der Waals surface area contributed by atoms with E-state index in [2.05, 4.69) is 15.3 Å². The number of hydrogen-bond acceptors (Lipinski definition) is 4. The van der Waals surface area contributed by atoms with Crippen LogP contribution in [-0.2, 0) is 6.54 Å². The van der Waals surface area contributed by atoms with Crippen LogP contribution in [0.4, 0.5) is 0 Å². The molecule has 23 heavy (non-hydrogen) atoms. The lowest BCUT2D eigenvalue weighted by Crippen LogP contribution is -2.23. The van der Waals surface area contributed by atoms with Gasteiger partial charge in [0.15, 0.2) is 0 Å². The van der Waals surface area contributed by atoms with Gasteiger partial charge in [-0.1, -0.05) is 18.2 Å². The first-order chi connectivity index (χ1) is 11.3. The zero-order valence-corrected chi connectivity index (χ0v) is 12.6. The Hall–Kier alpha value is -3.15. The normalized spacial score (nSPS) is 10.3. The van der Waals surface area contributed by atoms with E-state index in [4.69, 9.17) is 4.74 Å². The minimum absolute atomic E-state index is 0.180. The standard InChI is InChI=1S/C17H16N4O2/c1-23-15-5-3-2-4-14(15)17(22)20-11-13-6-7-16(19-10-13)21-9-8-18-12-21/h2-10,12H,11H2,1H3,(H,20,22). The molecule has 0 aliphatic carbocycles. The number of pyridine rings is 1. The highest BCUT2D eigenvalue weighted by atomic mass is 16.5. The summed E-state index contributed by atoms with van der Waals surface area (Å²) < 4.78 is 7.01. The number of hydrogen-bond donors (Lipinski definition) is 1. The molecular formula is C17H16N4O2. The summed E-state index contributed by atoms with van der Waals surface area (Å²) in [5.41, 5.74) is 1.43. The molecule has 0 saturated heterocycles. The summed E-state index contributed by atoms with van der Waals surface area (Å²) in [5.74, 6) is 1.15. The molecule has 2 heterocycles. The van der Waals surface area contributed by atoms with Crippen molar-refractivity contribution in [2.24, 2.45) is 0 Å². The van der Waals surface area contributed by atoms with Gasteiger partial charge in [0.25, 0.3) is 5.91 Å². The number of ether oxygens (including phenoxy) is 1. The predicted octanol–water partition coefficient (Wildman–Crippen LogP) is 2.21. The van der Waals surface area contributed by atoms with E-state index < -0.39 is 0 Å². The van der Waals surface area contributed by atoms with Gasteiger partial charge in [-0.25, -0.2) is 9.97 Å². The van der Waals surface area contributed by atoms with E-state index in [1.54, 1.807) is 44.0 Å². The van der Waals surface area contributed by atoms with Crippen LogP contribution < -0.4 is 10.1 Å². The molecule has 0 aliphatic rings. The lowest BCUT2D eigenvalue weighted by molar-refractivity contribution is 0.0948. The Morgan fingerprint density at radius 3 is 2.83 bits per heavy atom. The Morgan fingerprint density at radius 2 is 2.13 bits per heavy atom. The van der Waals surface area contributed by atoms with Gasteiger partial charge in [-0.2, -0.15) is 0 Å². The number of imidazole rings is 1. The molecule has 0 fully saturated rings. The Bertz CT molecular complexity index is 783. The average molecular weight is 308 g/mol. The van der Waals surface area contributed by atoms with Crippen LogP contribution in [0, 0.1) is 0 Å². The summed E-state index contributed by atoms with van der Waals surface area (Å²) in [6, 6.07) is 10.9. The first-order valence-electron chi connectivity index (χ1n) is 7.12. The molecule has 0 bridgehead atoms. The summed E-state index contributed by atoms with van der Waals surface area (Å²) in [5, 5.41) is 2.87. The molecule has 0 unspecified atom stereocenters. The molecule has 3 rings (SSSR count). The highest BCUT2D eigenvalue weighted by molar-refractivity contribution is 5.96. The molecule has 0 aliphatic heterocycles. The van der Waals surface area contributed by atoms with Gasteiger partial charge in [0, 0.05) is 25.1 Å². The zero-order chi connectivity index (χ0) is 16.1. The molecule has 0 atom stereocenters. The molecule has 0 spiro atoms. The zero-order valence-electron chi connectivity index (χ0n) is 12.6. The Labute approximate surface area is 133 Å². The quantitative estimate of drug-likeness (QED) is 0.784. The van der Waals surface area contributed by atoms with Crippen molar-refractivity contribution in [1.29, 1.82) is 0 Å². The van der Waals surface area contributed by atoms with E-state index >= 15 is 0 Å². The van der Waals surface area contributed by atoms with Crippen molar-refractivity contribution >= 4 is 5.91 Å². The number of rotatable bonds is 5. The number of carbonyl (C=O) groups is 1. The van der Waals surface area contributed by atoms with Crippen molar-refractivity contribution in [2.75, 3.05) is 7.11 Å². The maximum Gasteiger partial charge on any atom is 0.255 e. The minimum atomic E-state index is -0.180. The van der Waals surface area contributed by atoms with Gasteiger partial charge >= 0.3 is 0 Å². The fraction of sp³-hybridized carbons (Fsp3) is 0.118. The topological polar surface area (TPSA) is 69.0 Å². The van der Waals surface area contributed by atoms with Gasteiger partial charge in [0.2, 0.25) is 0 Å². The monoisotopic (exact) mass is 308 g/mol. The summed E-state index contributed by atoms with van der Waals surface area (Å²) in [7, 11) is 1.55. The summed E-state index contributed by atoms with van der Waals surface area (Å²) in [4.78, 5) is 20.6. The van der Waals surface area contributed by atoms with E-state index in [1.165, 1.54) is 0 Å². The molecule has 6 heteroatoms. The second kappa shape index (κ2) is 6.74. The van der Waals surface area contributed by atoms with Gasteiger partial charge in [0.05, 0.1) is 12.7 Å². The van der Waals surface area contributed by atoms with Gasteiger partial charge < -0.3 is 10.1 Å². The predicted molar refractivity (Wildman–Crippen MR) is 85.5 cm³/mol. The van der Waals surface area contributed by atoms with Crippen LogP contribution in [0.15, 0.2) is 61.3 Å². The summed E-state index contributed by atoms with van der Waals surface area (Å²) in [6.45, 7) is 0.397. The van der Waals surface area contributed by atoms with Gasteiger partial charge in [-0.05, 0) is 23.8 Å². The Morgan fingerprint density at radius 1 is 1.26 bits per heavy atom. The summed E-state index contributed by atoms with van der Waals surface area (Å²) >= 11 is 0. The van der Waals surface area contributed by atoms with Crippen LogP contribution in [0.2, 0.25) is 0 Å². The lowest BCUT2D eigenvalue weighted by atomic mass is 10.2. The second-order valence-corrected chi connectivity index (χ2v) is 4.88. The molecular weight excluding hydrogens is 292 g/mol. The van der Waals surface area contributed by atoms with Crippen LogP contribution in [0.3, 0.4) is 0 Å². The molecule has 0 saturated carbocycles. The van der Waals surface area contributed by atoms with Crippen LogP contribution in [-0.4, -0.2) is 27.6 Å². The first-order valence-corrected chi connectivity index (χ1v) is 7.12. The van der Waals surface area contributed by atoms with E-state index in [-0.39, 0.29) is 5.91 Å². The smallest absolute Gasteiger partial charge is 0.255 e. The second-order valence-electron chi connectivity index (χ2n) is 4.88. The third-order valence-electron chi connectivity index (χ3n) is 3.38. The van der Waals surface area contributed by atoms with Crippen LogP contribution >= 0.6 is 0 Å². The summed E-state index contributed by atoms with van der Waals surface area (Å²) in [6.07, 6.45) is 6.94. The van der Waals surface area contributed by atoms with E-state index in [1.807, 2.05) is 29.0 Å². The minimum Gasteiger partial charge on any atom is -0.496 e. The number of benzene rings is 1. The number of para-hydroxylation sites is 1. The first kappa shape index (κ1) is 14.8. The van der Waals surface area contributed by atoms with Gasteiger partial charge in [-0.15, -0.1) is 0 Å². The number of amides is 1. The Balaban J connectivity index is 1.65. The largest absolute Gasteiger partial charge is 0.496 e. The molecule has 1 aromatic carbocycles. The maximum atomic E-state index is 12.2. The number of nitrogens with zero attached hydrogens (tertiary/aromatic N) is 3. The van der Waals surface area contributed by atoms with Gasteiger partial charge in [-0.3, -0.25) is 9.36 Å². The molecule has 3 aromatic rings. The molecule has 0 radical (unpaired) electrons. The van der Waals surface area contributed by atoms with E-state index in [0.717, 1.165) is 11.4 Å². The maximum absolute atomic E-state index is 12.2. The van der Waals surface area contributed by atoms with Crippen molar-refractivity contribution in [3.8, 4) is 11.6 Å². The fourth-order valence-electron chi connectivity index (χ4n) is 2.18.